The first kappa shape index (κ1) is 99.7. The van der Waals surface area contributed by atoms with Gasteiger partial charge < -0.3 is 33.8 Å². The monoisotopic (exact) mass is 1500 g/mol. The van der Waals surface area contributed by atoms with E-state index >= 15 is 0 Å². The number of phosphoric ester groups is 2. The number of aliphatic hydroxyl groups excluding tert-OH is 1. The summed E-state index contributed by atoms with van der Waals surface area (Å²) < 4.78 is 68.7. The molecular weight excluding hydrogens is 1350 g/mol. The van der Waals surface area contributed by atoms with Crippen molar-refractivity contribution >= 4 is 39.5 Å². The molecule has 0 aromatic heterocycles. The van der Waals surface area contributed by atoms with Crippen LogP contribution in [-0.2, 0) is 65.4 Å². The summed E-state index contributed by atoms with van der Waals surface area (Å²) in [5, 5.41) is 10.7. The Morgan fingerprint density at radius 1 is 0.279 bits per heavy atom. The van der Waals surface area contributed by atoms with Crippen LogP contribution in [-0.4, -0.2) is 96.7 Å². The maximum Gasteiger partial charge on any atom is 0.472 e. The van der Waals surface area contributed by atoms with E-state index in [0.717, 1.165) is 186 Å². The summed E-state index contributed by atoms with van der Waals surface area (Å²) in [4.78, 5) is 73.1. The fraction of sp³-hybridized carbons (Fsp3) is 0.741. The lowest BCUT2D eigenvalue weighted by molar-refractivity contribution is -0.161. The Morgan fingerprint density at radius 2 is 0.500 bits per heavy atom. The normalized spacial score (nSPS) is 14.4. The lowest BCUT2D eigenvalue weighted by atomic mass is 10.0. The van der Waals surface area contributed by atoms with E-state index in [1.165, 1.54) is 83.5 Å². The number of carbonyl (C=O) groups excluding carboxylic acids is 4. The van der Waals surface area contributed by atoms with Gasteiger partial charge >= 0.3 is 39.5 Å². The van der Waals surface area contributed by atoms with Crippen molar-refractivity contribution in [1.82, 2.24) is 0 Å². The Morgan fingerprint density at radius 3 is 0.788 bits per heavy atom. The lowest BCUT2D eigenvalue weighted by Gasteiger charge is -2.21. The summed E-state index contributed by atoms with van der Waals surface area (Å²) in [6.45, 7) is 4.63. The number of aliphatic hydroxyl groups is 1. The molecule has 0 spiro atoms. The van der Waals surface area contributed by atoms with Gasteiger partial charge in [-0.1, -0.05) is 304 Å². The highest BCUT2D eigenvalue weighted by Crippen LogP contribution is 2.45. The number of carbonyl (C=O) groups is 4. The number of unbranched alkanes of at least 4 members (excludes halogenated alkanes) is 33. The Labute approximate surface area is 632 Å². The molecule has 0 amide bonds. The highest BCUT2D eigenvalue weighted by Gasteiger charge is 2.30. The summed E-state index contributed by atoms with van der Waals surface area (Å²) in [7, 11) is -9.97. The molecule has 0 saturated carbocycles. The van der Waals surface area contributed by atoms with Gasteiger partial charge in [-0.3, -0.25) is 37.3 Å². The highest BCUT2D eigenvalue weighted by molar-refractivity contribution is 7.47. The van der Waals surface area contributed by atoms with Crippen molar-refractivity contribution in [1.29, 1.82) is 0 Å². The second kappa shape index (κ2) is 76.9. The Kier molecular flexibility index (Phi) is 73.7. The van der Waals surface area contributed by atoms with Gasteiger partial charge in [0.1, 0.15) is 19.3 Å². The van der Waals surface area contributed by atoms with Gasteiger partial charge in [-0.15, -0.1) is 0 Å². The van der Waals surface area contributed by atoms with Crippen molar-refractivity contribution in [3.8, 4) is 0 Å². The molecule has 0 aromatic rings. The molecule has 0 fully saturated rings. The second-order valence-corrected chi connectivity index (χ2v) is 30.2. The number of hydrogen-bond donors (Lipinski definition) is 3. The molecule has 0 aliphatic carbocycles. The zero-order chi connectivity index (χ0) is 76.0. The third kappa shape index (κ3) is 75.9. The van der Waals surface area contributed by atoms with Crippen molar-refractivity contribution in [3.63, 3.8) is 0 Å². The molecule has 5 atom stereocenters. The van der Waals surface area contributed by atoms with Crippen molar-refractivity contribution < 1.29 is 80.2 Å². The van der Waals surface area contributed by atoms with Gasteiger partial charge in [-0.2, -0.15) is 0 Å². The van der Waals surface area contributed by atoms with Crippen molar-refractivity contribution in [2.45, 2.75) is 367 Å². The van der Waals surface area contributed by atoms with E-state index in [-0.39, 0.29) is 25.7 Å². The van der Waals surface area contributed by atoms with E-state index in [1.54, 1.807) is 0 Å². The summed E-state index contributed by atoms with van der Waals surface area (Å²) in [5.41, 5.74) is 0. The van der Waals surface area contributed by atoms with Gasteiger partial charge in [-0.05, 0) is 128 Å². The quantitative estimate of drug-likeness (QED) is 0.0169. The van der Waals surface area contributed by atoms with Crippen molar-refractivity contribution in [3.05, 3.63) is 109 Å². The molecule has 0 rings (SSSR count). The van der Waals surface area contributed by atoms with Gasteiger partial charge in [-0.25, -0.2) is 9.13 Å². The zero-order valence-electron chi connectivity index (χ0n) is 65.7. The van der Waals surface area contributed by atoms with Crippen LogP contribution in [0.1, 0.15) is 349 Å². The first-order valence-corrected chi connectivity index (χ1v) is 44.1. The molecule has 600 valence electrons. The molecule has 5 unspecified atom stereocenters. The minimum atomic E-state index is -4.99. The minimum absolute atomic E-state index is 0.0748. The van der Waals surface area contributed by atoms with E-state index in [1.807, 2.05) is 0 Å². The van der Waals surface area contributed by atoms with Crippen LogP contribution in [0.3, 0.4) is 0 Å². The van der Waals surface area contributed by atoms with Crippen LogP contribution in [0.25, 0.3) is 0 Å². The Balaban J connectivity index is 5.37. The van der Waals surface area contributed by atoms with Crippen LogP contribution in [0.5, 0.6) is 0 Å². The number of ether oxygens (including phenoxy) is 4. The Hall–Kier alpha value is -4.28. The Bertz CT molecular complexity index is 2390. The molecule has 0 aromatic carbocycles. The average Bonchev–Trinajstić information content (AvgIpc) is 0.918. The van der Waals surface area contributed by atoms with Gasteiger partial charge in [0.2, 0.25) is 0 Å². The number of phosphoric acid groups is 2. The van der Waals surface area contributed by atoms with Crippen LogP contribution >= 0.6 is 15.6 Å². The SMILES string of the molecule is CC/C=C\C/C=C\C/C=C\C/C=C\CCCCCCCCC(=O)OCC(COP(=O)(O)OCC(O)COP(=O)(O)OCC(COC(=O)CCCCCCC/C=C\C/C=C\C/C=C\CC)OC(=O)CCCCCCCCCCCCCCCCC)OC(=O)CCCCCCC/C=C\C/C=C\CCCCC. The van der Waals surface area contributed by atoms with Crippen molar-refractivity contribution in [2.75, 3.05) is 39.6 Å². The molecule has 104 heavy (non-hydrogen) atoms. The standard InChI is InChI=1S/C85H148O17P2/c1-5-9-13-17-21-25-29-33-37-38-39-40-44-46-50-54-58-62-66-70-83(88)96-76-81(102-85(90)72-68-64-60-56-52-48-43-36-32-28-24-20-16-12-8-4)78-100-104(93,94)98-74-79(86)73-97-103(91,92)99-77-80(101-84(89)71-67-63-59-55-51-47-42-35-31-27-23-19-15-11-7-3)75-95-82(87)69-65-61-57-53-49-45-41-34-30-26-22-18-14-10-6-2/h9-10,13-14,21-22,24-26,28,33-34,36-37,39-41,43,79-81,86H,5-8,11-12,15-20,23,27,29-32,35,38,42,44-78H2,1-4H3,(H,91,92)(H,93,94)/b13-9-,14-10-,25-21-,26-22-,28-24-,37-33-,40-39-,41-34-,43-36-. The van der Waals surface area contributed by atoms with Crippen LogP contribution in [0.4, 0.5) is 0 Å². The molecule has 19 heteroatoms. The molecule has 3 N–H and O–H groups in total. The predicted octanol–water partition coefficient (Wildman–Crippen LogP) is 24.1. The number of esters is 4. The van der Waals surface area contributed by atoms with Gasteiger partial charge in [0.05, 0.1) is 26.4 Å². The molecule has 0 aliphatic rings. The smallest absolute Gasteiger partial charge is 0.462 e. The van der Waals surface area contributed by atoms with E-state index in [9.17, 15) is 43.2 Å². The first-order valence-electron chi connectivity index (χ1n) is 41.1. The van der Waals surface area contributed by atoms with Crippen LogP contribution in [0.15, 0.2) is 109 Å². The number of rotatable bonds is 77. The maximum atomic E-state index is 13.1. The number of hydrogen-bond acceptors (Lipinski definition) is 15. The second-order valence-electron chi connectivity index (χ2n) is 27.3. The molecule has 0 heterocycles. The molecule has 0 saturated heterocycles. The minimum Gasteiger partial charge on any atom is -0.462 e. The summed E-state index contributed by atoms with van der Waals surface area (Å²) in [5.74, 6) is -2.20. The molecule has 0 aliphatic heterocycles. The van der Waals surface area contributed by atoms with Crippen LogP contribution in [0, 0.1) is 0 Å². The van der Waals surface area contributed by atoms with Crippen LogP contribution < -0.4 is 0 Å². The van der Waals surface area contributed by atoms with Crippen molar-refractivity contribution in [2.24, 2.45) is 0 Å². The van der Waals surface area contributed by atoms with Gasteiger partial charge in [0.15, 0.2) is 12.2 Å². The van der Waals surface area contributed by atoms with E-state index in [2.05, 4.69) is 137 Å². The van der Waals surface area contributed by atoms with E-state index in [4.69, 9.17) is 37.0 Å². The largest absolute Gasteiger partial charge is 0.472 e. The lowest BCUT2D eigenvalue weighted by Crippen LogP contribution is -2.30. The first-order chi connectivity index (χ1) is 50.7. The molecule has 17 nitrogen and oxygen atoms in total. The third-order valence-electron chi connectivity index (χ3n) is 17.2. The van der Waals surface area contributed by atoms with E-state index < -0.39 is 97.5 Å². The summed E-state index contributed by atoms with van der Waals surface area (Å²) in [6.07, 6.45) is 83.4. The van der Waals surface area contributed by atoms with Gasteiger partial charge in [0.25, 0.3) is 0 Å². The highest BCUT2D eigenvalue weighted by atomic mass is 31.2. The zero-order valence-corrected chi connectivity index (χ0v) is 67.5. The fourth-order valence-corrected chi connectivity index (χ4v) is 12.6. The average molecular weight is 1500 g/mol. The molecule has 0 bridgehead atoms. The topological polar surface area (TPSA) is 237 Å². The third-order valence-corrected chi connectivity index (χ3v) is 19.1. The maximum absolute atomic E-state index is 13.1. The predicted molar refractivity (Wildman–Crippen MR) is 427 cm³/mol. The molecular formula is C85H148O17P2. The summed E-state index contributed by atoms with van der Waals surface area (Å²) in [6, 6.07) is 0. The van der Waals surface area contributed by atoms with Gasteiger partial charge in [0, 0.05) is 25.7 Å². The fourth-order valence-electron chi connectivity index (χ4n) is 11.0. The van der Waals surface area contributed by atoms with E-state index in [0.29, 0.717) is 25.7 Å². The number of allylic oxidation sites excluding steroid dienone is 18. The summed E-state index contributed by atoms with van der Waals surface area (Å²) >= 11 is 0. The molecule has 0 radical (unpaired) electrons. The van der Waals surface area contributed by atoms with Crippen LogP contribution in [0.2, 0.25) is 0 Å².